The van der Waals surface area contributed by atoms with E-state index < -0.39 is 0 Å². The van der Waals surface area contributed by atoms with Gasteiger partial charge in [0.05, 0.1) is 6.10 Å². The van der Waals surface area contributed by atoms with E-state index in [0.717, 1.165) is 32.6 Å². The number of nitrogens with zero attached hydrogens (tertiary/aromatic N) is 3. The standard InChI is InChI=1S/C14H21N3O/c1-11-7-17-10-14(18)6-13(17)9-16(11)8-12-2-4-15-5-3-12/h2-5,11,13-14,18H,6-10H2,1H3/t11-,13-,14-/m1/s1. The number of piperazine rings is 1. The molecule has 2 aliphatic rings. The van der Waals surface area contributed by atoms with Gasteiger partial charge in [-0.3, -0.25) is 14.8 Å². The molecule has 2 fully saturated rings. The Bertz CT molecular complexity index is 397. The lowest BCUT2D eigenvalue weighted by Crippen LogP contribution is -2.54. The molecule has 1 aromatic heterocycles. The van der Waals surface area contributed by atoms with Crippen LogP contribution in [0.1, 0.15) is 18.9 Å². The summed E-state index contributed by atoms with van der Waals surface area (Å²) >= 11 is 0. The molecule has 0 radical (unpaired) electrons. The second kappa shape index (κ2) is 4.96. The highest BCUT2D eigenvalue weighted by molar-refractivity contribution is 5.10. The maximum absolute atomic E-state index is 9.75. The third-order valence-electron chi connectivity index (χ3n) is 4.21. The number of hydrogen-bond donors (Lipinski definition) is 1. The van der Waals surface area contributed by atoms with Gasteiger partial charge in [0.25, 0.3) is 0 Å². The number of hydrogen-bond acceptors (Lipinski definition) is 4. The number of aliphatic hydroxyl groups excluding tert-OH is 1. The van der Waals surface area contributed by atoms with Crippen molar-refractivity contribution < 1.29 is 5.11 Å². The van der Waals surface area contributed by atoms with E-state index in [4.69, 9.17) is 0 Å². The number of fused-ring (bicyclic) bond motifs is 1. The first-order valence-electron chi connectivity index (χ1n) is 6.77. The van der Waals surface area contributed by atoms with E-state index in [9.17, 15) is 5.11 Å². The first kappa shape index (κ1) is 12.1. The Labute approximate surface area is 108 Å². The molecule has 2 saturated heterocycles. The van der Waals surface area contributed by atoms with Crippen LogP contribution in [0.2, 0.25) is 0 Å². The quantitative estimate of drug-likeness (QED) is 0.836. The van der Waals surface area contributed by atoms with Crippen LogP contribution in [0.3, 0.4) is 0 Å². The largest absolute Gasteiger partial charge is 0.392 e. The molecular weight excluding hydrogens is 226 g/mol. The fraction of sp³-hybridized carbons (Fsp3) is 0.643. The molecule has 4 nitrogen and oxygen atoms in total. The van der Waals surface area contributed by atoms with E-state index >= 15 is 0 Å². The summed E-state index contributed by atoms with van der Waals surface area (Å²) in [5, 5.41) is 9.75. The summed E-state index contributed by atoms with van der Waals surface area (Å²) in [7, 11) is 0. The first-order valence-corrected chi connectivity index (χ1v) is 6.77. The van der Waals surface area contributed by atoms with Gasteiger partial charge < -0.3 is 5.11 Å². The predicted molar refractivity (Wildman–Crippen MR) is 70.1 cm³/mol. The van der Waals surface area contributed by atoms with Crippen LogP contribution < -0.4 is 0 Å². The maximum Gasteiger partial charge on any atom is 0.0682 e. The molecule has 0 saturated carbocycles. The van der Waals surface area contributed by atoms with E-state index in [1.807, 2.05) is 12.4 Å². The van der Waals surface area contributed by atoms with Crippen LogP contribution in [0.15, 0.2) is 24.5 Å². The van der Waals surface area contributed by atoms with Crippen molar-refractivity contribution >= 4 is 0 Å². The highest BCUT2D eigenvalue weighted by Gasteiger charge is 2.37. The third kappa shape index (κ3) is 2.41. The van der Waals surface area contributed by atoms with Gasteiger partial charge >= 0.3 is 0 Å². The van der Waals surface area contributed by atoms with E-state index in [1.54, 1.807) is 0 Å². The number of rotatable bonds is 2. The monoisotopic (exact) mass is 247 g/mol. The Morgan fingerprint density at radius 3 is 2.83 bits per heavy atom. The molecule has 0 amide bonds. The molecular formula is C14H21N3O. The van der Waals surface area contributed by atoms with Crippen molar-refractivity contribution in [3.05, 3.63) is 30.1 Å². The van der Waals surface area contributed by atoms with Gasteiger partial charge in [-0.1, -0.05) is 0 Å². The Morgan fingerprint density at radius 2 is 2.06 bits per heavy atom. The van der Waals surface area contributed by atoms with Crippen molar-refractivity contribution in [1.29, 1.82) is 0 Å². The molecule has 3 atom stereocenters. The summed E-state index contributed by atoms with van der Waals surface area (Å²) in [5.41, 5.74) is 1.32. The minimum atomic E-state index is -0.122. The Balaban J connectivity index is 1.66. The molecule has 2 aliphatic heterocycles. The summed E-state index contributed by atoms with van der Waals surface area (Å²) in [6.07, 6.45) is 4.52. The van der Waals surface area contributed by atoms with Gasteiger partial charge in [-0.25, -0.2) is 0 Å². The molecule has 0 spiro atoms. The highest BCUT2D eigenvalue weighted by atomic mass is 16.3. The number of aliphatic hydroxyl groups is 1. The molecule has 0 bridgehead atoms. The lowest BCUT2D eigenvalue weighted by Gasteiger charge is -2.42. The first-order chi connectivity index (χ1) is 8.72. The fourth-order valence-electron chi connectivity index (χ4n) is 3.22. The molecule has 0 unspecified atom stereocenters. The molecule has 4 heteroatoms. The zero-order valence-corrected chi connectivity index (χ0v) is 10.9. The van der Waals surface area contributed by atoms with Crippen molar-refractivity contribution in [1.82, 2.24) is 14.8 Å². The van der Waals surface area contributed by atoms with Crippen LogP contribution in [0.4, 0.5) is 0 Å². The van der Waals surface area contributed by atoms with Gasteiger partial charge in [0.15, 0.2) is 0 Å². The average Bonchev–Trinajstić information content (AvgIpc) is 2.70. The van der Waals surface area contributed by atoms with Crippen LogP contribution in [-0.4, -0.2) is 57.7 Å². The molecule has 1 aromatic rings. The fourth-order valence-corrected chi connectivity index (χ4v) is 3.22. The minimum absolute atomic E-state index is 0.122. The van der Waals surface area contributed by atoms with Gasteiger partial charge in [-0.05, 0) is 31.0 Å². The Hall–Kier alpha value is -0.970. The zero-order valence-electron chi connectivity index (χ0n) is 10.9. The summed E-state index contributed by atoms with van der Waals surface area (Å²) < 4.78 is 0. The number of aromatic nitrogens is 1. The van der Waals surface area contributed by atoms with Gasteiger partial charge in [0.1, 0.15) is 0 Å². The maximum atomic E-state index is 9.75. The van der Waals surface area contributed by atoms with E-state index in [2.05, 4.69) is 33.8 Å². The Morgan fingerprint density at radius 1 is 1.28 bits per heavy atom. The van der Waals surface area contributed by atoms with Crippen LogP contribution in [0, 0.1) is 0 Å². The molecule has 18 heavy (non-hydrogen) atoms. The molecule has 3 rings (SSSR count). The lowest BCUT2D eigenvalue weighted by molar-refractivity contribution is 0.0528. The Kier molecular flexibility index (Phi) is 3.33. The summed E-state index contributed by atoms with van der Waals surface area (Å²) in [6.45, 7) is 6.28. The predicted octanol–water partition coefficient (Wildman–Crippen LogP) is 0.721. The van der Waals surface area contributed by atoms with Crippen molar-refractivity contribution in [2.24, 2.45) is 0 Å². The van der Waals surface area contributed by atoms with E-state index in [1.165, 1.54) is 5.56 Å². The normalized spacial score (nSPS) is 33.6. The minimum Gasteiger partial charge on any atom is -0.392 e. The second-order valence-corrected chi connectivity index (χ2v) is 5.63. The van der Waals surface area contributed by atoms with Crippen LogP contribution >= 0.6 is 0 Å². The van der Waals surface area contributed by atoms with Crippen molar-refractivity contribution in [3.8, 4) is 0 Å². The second-order valence-electron chi connectivity index (χ2n) is 5.63. The summed E-state index contributed by atoms with van der Waals surface area (Å²) in [4.78, 5) is 9.03. The van der Waals surface area contributed by atoms with Crippen LogP contribution in [-0.2, 0) is 6.54 Å². The number of pyridine rings is 1. The molecule has 1 N–H and O–H groups in total. The van der Waals surface area contributed by atoms with E-state index in [-0.39, 0.29) is 6.10 Å². The van der Waals surface area contributed by atoms with Crippen LogP contribution in [0.25, 0.3) is 0 Å². The summed E-state index contributed by atoms with van der Waals surface area (Å²) in [5.74, 6) is 0. The zero-order chi connectivity index (χ0) is 12.5. The van der Waals surface area contributed by atoms with Crippen LogP contribution in [0.5, 0.6) is 0 Å². The van der Waals surface area contributed by atoms with Gasteiger partial charge in [-0.15, -0.1) is 0 Å². The van der Waals surface area contributed by atoms with Gasteiger partial charge in [0.2, 0.25) is 0 Å². The summed E-state index contributed by atoms with van der Waals surface area (Å²) in [6, 6.07) is 5.27. The smallest absolute Gasteiger partial charge is 0.0682 e. The van der Waals surface area contributed by atoms with Crippen molar-refractivity contribution in [2.45, 2.75) is 38.1 Å². The molecule has 98 valence electrons. The molecule has 0 aliphatic carbocycles. The van der Waals surface area contributed by atoms with Crippen molar-refractivity contribution in [2.75, 3.05) is 19.6 Å². The SMILES string of the molecule is C[C@@H]1CN2C[C@H](O)C[C@@H]2CN1Cc1ccncc1. The van der Waals surface area contributed by atoms with Crippen molar-refractivity contribution in [3.63, 3.8) is 0 Å². The topological polar surface area (TPSA) is 39.6 Å². The third-order valence-corrected chi connectivity index (χ3v) is 4.21. The lowest BCUT2D eigenvalue weighted by atomic mass is 10.1. The molecule has 0 aromatic carbocycles. The molecule has 3 heterocycles. The average molecular weight is 247 g/mol. The van der Waals surface area contributed by atoms with E-state index in [0.29, 0.717) is 12.1 Å². The van der Waals surface area contributed by atoms with Gasteiger partial charge in [-0.2, -0.15) is 0 Å². The highest BCUT2D eigenvalue weighted by Crippen LogP contribution is 2.25. The van der Waals surface area contributed by atoms with Gasteiger partial charge in [0, 0.05) is 50.7 Å².